The molecule has 0 saturated heterocycles. The summed E-state index contributed by atoms with van der Waals surface area (Å²) in [5.74, 6) is -0.0575. The predicted octanol–water partition coefficient (Wildman–Crippen LogP) is 0.919. The number of hydrogen-bond donors (Lipinski definition) is 2. The molecule has 0 aliphatic heterocycles. The number of rotatable bonds is 2. The lowest BCUT2D eigenvalue weighted by atomic mass is 9.87. The Morgan fingerprint density at radius 3 is 2.00 bits per heavy atom. The lowest BCUT2D eigenvalue weighted by Gasteiger charge is -2.28. The SMILES string of the molecule is CC(C)C1(O)C=C[C](S(=O)(=O)O)C=C1. The molecule has 0 bridgehead atoms. The molecule has 79 valence electrons. The van der Waals surface area contributed by atoms with Gasteiger partial charge in [0.1, 0.15) is 5.60 Å². The Bertz CT molecular complexity index is 350. The lowest BCUT2D eigenvalue weighted by molar-refractivity contribution is 0.0911. The van der Waals surface area contributed by atoms with E-state index in [1.807, 2.05) is 13.8 Å². The summed E-state index contributed by atoms with van der Waals surface area (Å²) in [4.78, 5) is 0. The van der Waals surface area contributed by atoms with E-state index in [1.165, 1.54) is 24.3 Å². The van der Waals surface area contributed by atoms with Gasteiger partial charge in [-0.1, -0.05) is 38.2 Å². The summed E-state index contributed by atoms with van der Waals surface area (Å²) >= 11 is 0. The molecule has 0 fully saturated rings. The molecular weight excluding hydrogens is 204 g/mol. The summed E-state index contributed by atoms with van der Waals surface area (Å²) in [6.45, 7) is 3.63. The molecule has 0 aromatic carbocycles. The zero-order chi connectivity index (χ0) is 11.0. The fourth-order valence-electron chi connectivity index (χ4n) is 1.10. The molecule has 0 aromatic rings. The fraction of sp³-hybridized carbons (Fsp3) is 0.444. The van der Waals surface area contributed by atoms with Gasteiger partial charge in [0.05, 0.1) is 0 Å². The molecule has 4 nitrogen and oxygen atoms in total. The monoisotopic (exact) mass is 217 g/mol. The molecule has 1 aliphatic rings. The van der Waals surface area contributed by atoms with Crippen molar-refractivity contribution in [3.63, 3.8) is 0 Å². The molecule has 0 unspecified atom stereocenters. The van der Waals surface area contributed by atoms with Crippen molar-refractivity contribution in [2.45, 2.75) is 19.4 Å². The maximum absolute atomic E-state index is 10.7. The maximum Gasteiger partial charge on any atom is 0.280 e. The van der Waals surface area contributed by atoms with E-state index >= 15 is 0 Å². The summed E-state index contributed by atoms with van der Waals surface area (Å²) < 4.78 is 30.1. The summed E-state index contributed by atoms with van der Waals surface area (Å²) in [7, 11) is -4.17. The minimum absolute atomic E-state index is 0.0575. The van der Waals surface area contributed by atoms with Crippen LogP contribution in [-0.4, -0.2) is 23.7 Å². The highest BCUT2D eigenvalue weighted by Crippen LogP contribution is 2.28. The zero-order valence-corrected chi connectivity index (χ0v) is 8.82. The molecule has 1 rings (SSSR count). The topological polar surface area (TPSA) is 74.6 Å². The summed E-state index contributed by atoms with van der Waals surface area (Å²) in [6, 6.07) is 0. The molecule has 0 amide bonds. The minimum Gasteiger partial charge on any atom is -0.381 e. The van der Waals surface area contributed by atoms with E-state index < -0.39 is 15.7 Å². The van der Waals surface area contributed by atoms with E-state index in [9.17, 15) is 13.5 Å². The van der Waals surface area contributed by atoms with Gasteiger partial charge in [0, 0.05) is 0 Å². The van der Waals surface area contributed by atoms with E-state index in [0.717, 1.165) is 0 Å². The van der Waals surface area contributed by atoms with E-state index in [2.05, 4.69) is 0 Å². The van der Waals surface area contributed by atoms with Gasteiger partial charge in [-0.25, -0.2) is 0 Å². The average molecular weight is 217 g/mol. The van der Waals surface area contributed by atoms with Crippen molar-refractivity contribution in [2.75, 3.05) is 0 Å². The number of hydrogen-bond acceptors (Lipinski definition) is 3. The first-order valence-electron chi connectivity index (χ1n) is 4.21. The van der Waals surface area contributed by atoms with Crippen LogP contribution >= 0.6 is 0 Å². The lowest BCUT2D eigenvalue weighted by Crippen LogP contribution is -2.32. The molecule has 0 atom stereocenters. The summed E-state index contributed by atoms with van der Waals surface area (Å²) in [6.07, 6.45) is 5.13. The third kappa shape index (κ3) is 2.23. The van der Waals surface area contributed by atoms with Crippen molar-refractivity contribution < 1.29 is 18.1 Å². The van der Waals surface area contributed by atoms with E-state index in [-0.39, 0.29) is 11.2 Å². The first kappa shape index (κ1) is 11.4. The Balaban J connectivity index is 2.91. The van der Waals surface area contributed by atoms with Gasteiger partial charge in [-0.15, -0.1) is 0 Å². The Kier molecular flexibility index (Phi) is 2.85. The first-order chi connectivity index (χ1) is 6.26. The maximum atomic E-state index is 10.7. The van der Waals surface area contributed by atoms with Gasteiger partial charge in [-0.2, -0.15) is 8.42 Å². The van der Waals surface area contributed by atoms with Crippen LogP contribution in [0.3, 0.4) is 0 Å². The Labute approximate surface area is 83.7 Å². The molecule has 0 saturated carbocycles. The highest BCUT2D eigenvalue weighted by molar-refractivity contribution is 7.89. The molecular formula is C9H13O4S. The van der Waals surface area contributed by atoms with Crippen molar-refractivity contribution in [1.82, 2.24) is 0 Å². The predicted molar refractivity (Wildman–Crippen MR) is 52.9 cm³/mol. The van der Waals surface area contributed by atoms with Crippen LogP contribution in [0.4, 0.5) is 0 Å². The largest absolute Gasteiger partial charge is 0.381 e. The normalized spacial score (nSPS) is 21.8. The summed E-state index contributed by atoms with van der Waals surface area (Å²) in [5.41, 5.74) is -1.13. The van der Waals surface area contributed by atoms with Gasteiger partial charge in [-0.3, -0.25) is 4.55 Å². The standard InChI is InChI=1S/C9H13O4S/c1-7(2)9(10)5-3-8(4-6-9)14(11,12)13/h3-7,10H,1-2H3,(H,11,12,13). The van der Waals surface area contributed by atoms with Gasteiger partial charge in [0.2, 0.25) is 0 Å². The summed E-state index contributed by atoms with van der Waals surface area (Å²) in [5, 5.41) is 9.66. The van der Waals surface area contributed by atoms with Crippen molar-refractivity contribution in [3.05, 3.63) is 29.6 Å². The Morgan fingerprint density at radius 1 is 1.29 bits per heavy atom. The van der Waals surface area contributed by atoms with E-state index in [0.29, 0.717) is 0 Å². The van der Waals surface area contributed by atoms with E-state index in [1.54, 1.807) is 0 Å². The smallest absolute Gasteiger partial charge is 0.280 e. The van der Waals surface area contributed by atoms with Crippen LogP contribution in [0.25, 0.3) is 0 Å². The van der Waals surface area contributed by atoms with Crippen LogP contribution in [0.2, 0.25) is 0 Å². The quantitative estimate of drug-likeness (QED) is 0.674. The van der Waals surface area contributed by atoms with Crippen LogP contribution < -0.4 is 0 Å². The molecule has 2 N–H and O–H groups in total. The minimum atomic E-state index is -4.17. The van der Waals surface area contributed by atoms with Gasteiger partial charge >= 0.3 is 0 Å². The fourth-order valence-corrected chi connectivity index (χ4v) is 1.58. The third-order valence-electron chi connectivity index (χ3n) is 2.25. The average Bonchev–Trinajstić information content (AvgIpc) is 2.03. The van der Waals surface area contributed by atoms with Crippen LogP contribution in [0.15, 0.2) is 24.3 Å². The highest BCUT2D eigenvalue weighted by atomic mass is 32.2. The second kappa shape index (κ2) is 3.49. The molecule has 0 spiro atoms. The molecule has 0 heterocycles. The van der Waals surface area contributed by atoms with Gasteiger partial charge < -0.3 is 5.11 Å². The Morgan fingerprint density at radius 2 is 1.71 bits per heavy atom. The zero-order valence-electron chi connectivity index (χ0n) is 8.01. The van der Waals surface area contributed by atoms with E-state index in [4.69, 9.17) is 4.55 Å². The van der Waals surface area contributed by atoms with Crippen LogP contribution in [0.1, 0.15) is 13.8 Å². The van der Waals surface area contributed by atoms with Gasteiger partial charge in [0.15, 0.2) is 5.25 Å². The van der Waals surface area contributed by atoms with Crippen molar-refractivity contribution in [3.8, 4) is 0 Å². The molecule has 0 aromatic heterocycles. The van der Waals surface area contributed by atoms with Crippen molar-refractivity contribution >= 4 is 10.1 Å². The highest BCUT2D eigenvalue weighted by Gasteiger charge is 2.31. The van der Waals surface area contributed by atoms with Crippen LogP contribution in [0.5, 0.6) is 0 Å². The number of aliphatic hydroxyl groups is 1. The second-order valence-electron chi connectivity index (χ2n) is 3.59. The van der Waals surface area contributed by atoms with Crippen LogP contribution in [-0.2, 0) is 10.1 Å². The van der Waals surface area contributed by atoms with Gasteiger partial charge in [0.25, 0.3) is 10.1 Å². The Hall–Kier alpha value is -0.650. The van der Waals surface area contributed by atoms with Gasteiger partial charge in [-0.05, 0) is 5.92 Å². The first-order valence-corrected chi connectivity index (χ1v) is 5.65. The molecule has 5 heteroatoms. The molecule has 1 radical (unpaired) electrons. The van der Waals surface area contributed by atoms with Crippen molar-refractivity contribution in [1.29, 1.82) is 0 Å². The molecule has 1 aliphatic carbocycles. The second-order valence-corrected chi connectivity index (χ2v) is 5.01. The van der Waals surface area contributed by atoms with Crippen molar-refractivity contribution in [2.24, 2.45) is 5.92 Å². The molecule has 14 heavy (non-hydrogen) atoms. The van der Waals surface area contributed by atoms with Crippen LogP contribution in [0, 0.1) is 11.2 Å². The third-order valence-corrected chi connectivity index (χ3v) is 3.12.